The van der Waals surface area contributed by atoms with Crippen molar-refractivity contribution in [2.24, 2.45) is 17.6 Å². The predicted octanol–water partition coefficient (Wildman–Crippen LogP) is -0.104. The van der Waals surface area contributed by atoms with Crippen molar-refractivity contribution in [1.29, 1.82) is 0 Å². The molecule has 28 heavy (non-hydrogen) atoms. The fourth-order valence-electron chi connectivity index (χ4n) is 2.64. The van der Waals surface area contributed by atoms with Crippen molar-refractivity contribution in [2.45, 2.75) is 65.0 Å². The second-order valence-corrected chi connectivity index (χ2v) is 7.00. The maximum Gasteiger partial charge on any atom is 0.325 e. The van der Waals surface area contributed by atoms with Crippen molar-refractivity contribution in [2.75, 3.05) is 6.54 Å². The molecule has 0 radical (unpaired) electrons. The first-order chi connectivity index (χ1) is 13.0. The third-order valence-corrected chi connectivity index (χ3v) is 4.38. The molecule has 0 bridgehead atoms. The number of hydrogen-bond acceptors (Lipinski definition) is 6. The molecular weight excluding hydrogens is 370 g/mol. The summed E-state index contributed by atoms with van der Waals surface area (Å²) in [6.07, 6.45) is 1.30. The van der Waals surface area contributed by atoms with E-state index in [1.165, 1.54) is 6.92 Å². The minimum Gasteiger partial charge on any atom is -0.480 e. The summed E-state index contributed by atoms with van der Waals surface area (Å²) in [6.45, 7) is 4.65. The average molecular weight is 401 g/mol. The molecule has 6 N–H and O–H groups in total. The summed E-state index contributed by atoms with van der Waals surface area (Å²) in [5, 5.41) is 22.1. The molecule has 0 rings (SSSR count). The van der Waals surface area contributed by atoms with E-state index < -0.39 is 29.9 Å². The molecule has 1 unspecified atom stereocenters. The molecule has 0 aromatic rings. The largest absolute Gasteiger partial charge is 0.480 e. The molecule has 160 valence electrons. The summed E-state index contributed by atoms with van der Waals surface area (Å²) >= 11 is 0. The minimum atomic E-state index is -1.17. The van der Waals surface area contributed by atoms with Gasteiger partial charge in [-0.3, -0.25) is 24.0 Å². The van der Waals surface area contributed by atoms with Crippen LogP contribution in [0, 0.1) is 11.8 Å². The number of amides is 2. The molecule has 0 aliphatic rings. The lowest BCUT2D eigenvalue weighted by Crippen LogP contribution is -2.44. The van der Waals surface area contributed by atoms with Crippen LogP contribution in [0.1, 0.15) is 52.9 Å². The minimum absolute atomic E-state index is 0.0728. The van der Waals surface area contributed by atoms with Crippen LogP contribution < -0.4 is 16.4 Å². The molecule has 0 spiro atoms. The van der Waals surface area contributed by atoms with E-state index in [1.54, 1.807) is 0 Å². The van der Waals surface area contributed by atoms with Gasteiger partial charge in [-0.1, -0.05) is 13.8 Å². The highest BCUT2D eigenvalue weighted by Gasteiger charge is 2.23. The SMILES string of the molecule is CCC(C[C@H](C)CC(=O)NCC(=O)N[C@H](C)C(=O)O)C(=O)CC[C@H](N)C(=O)O. The van der Waals surface area contributed by atoms with E-state index >= 15 is 0 Å². The first kappa shape index (κ1) is 25.5. The summed E-state index contributed by atoms with van der Waals surface area (Å²) < 4.78 is 0. The monoisotopic (exact) mass is 401 g/mol. The fourth-order valence-corrected chi connectivity index (χ4v) is 2.64. The molecule has 2 amide bonds. The Hall–Kier alpha value is -2.49. The maximum absolute atomic E-state index is 12.2. The standard InChI is InChI=1S/C18H31N3O7/c1-4-12(14(22)6-5-13(19)18(27)28)7-10(2)8-15(23)20-9-16(24)21-11(3)17(25)26/h10-13H,4-9,19H2,1-3H3,(H,20,23)(H,21,24)(H,25,26)(H,27,28)/t10-,11+,12?,13-/m0/s1. The first-order valence-electron chi connectivity index (χ1n) is 9.27. The van der Waals surface area contributed by atoms with Gasteiger partial charge in [-0.2, -0.15) is 0 Å². The number of carboxylic acid groups (broad SMARTS) is 2. The number of ketones is 1. The predicted molar refractivity (Wildman–Crippen MR) is 100 cm³/mol. The van der Waals surface area contributed by atoms with Crippen LogP contribution in [0.5, 0.6) is 0 Å². The van der Waals surface area contributed by atoms with Crippen molar-refractivity contribution in [3.8, 4) is 0 Å². The van der Waals surface area contributed by atoms with Gasteiger partial charge in [-0.25, -0.2) is 0 Å². The Morgan fingerprint density at radius 2 is 1.61 bits per heavy atom. The second-order valence-electron chi connectivity index (χ2n) is 7.00. The van der Waals surface area contributed by atoms with Gasteiger partial charge in [0.2, 0.25) is 11.8 Å². The molecule has 0 aliphatic carbocycles. The van der Waals surface area contributed by atoms with Gasteiger partial charge in [0, 0.05) is 18.8 Å². The zero-order chi connectivity index (χ0) is 21.9. The summed E-state index contributed by atoms with van der Waals surface area (Å²) in [5.41, 5.74) is 5.41. The molecule has 0 aromatic heterocycles. The number of hydrogen-bond donors (Lipinski definition) is 5. The van der Waals surface area contributed by atoms with Crippen LogP contribution in [-0.4, -0.2) is 58.4 Å². The third kappa shape index (κ3) is 10.6. The van der Waals surface area contributed by atoms with Crippen LogP contribution >= 0.6 is 0 Å². The first-order valence-corrected chi connectivity index (χ1v) is 9.27. The molecule has 10 heteroatoms. The topological polar surface area (TPSA) is 176 Å². The lowest BCUT2D eigenvalue weighted by molar-refractivity contribution is -0.141. The smallest absolute Gasteiger partial charge is 0.325 e. The van der Waals surface area contributed by atoms with Crippen LogP contribution in [0.2, 0.25) is 0 Å². The van der Waals surface area contributed by atoms with Gasteiger partial charge in [0.25, 0.3) is 0 Å². The van der Waals surface area contributed by atoms with E-state index in [0.717, 1.165) is 0 Å². The molecule has 10 nitrogen and oxygen atoms in total. The summed E-state index contributed by atoms with van der Waals surface area (Å²) in [5.74, 6) is -3.78. The van der Waals surface area contributed by atoms with Crippen LogP contribution in [0.4, 0.5) is 0 Å². The molecule has 0 aliphatic heterocycles. The number of Topliss-reactive ketones (excluding diaryl/α,β-unsaturated/α-hetero) is 1. The van der Waals surface area contributed by atoms with Crippen LogP contribution in [0.15, 0.2) is 0 Å². The number of carbonyl (C=O) groups is 5. The highest BCUT2D eigenvalue weighted by molar-refractivity contribution is 5.87. The highest BCUT2D eigenvalue weighted by atomic mass is 16.4. The van der Waals surface area contributed by atoms with Crippen LogP contribution in [0.25, 0.3) is 0 Å². The molecule has 0 saturated heterocycles. The van der Waals surface area contributed by atoms with Crippen molar-refractivity contribution in [3.63, 3.8) is 0 Å². The third-order valence-electron chi connectivity index (χ3n) is 4.38. The van der Waals surface area contributed by atoms with Gasteiger partial charge in [-0.05, 0) is 32.1 Å². The highest BCUT2D eigenvalue weighted by Crippen LogP contribution is 2.21. The number of nitrogens with two attached hydrogens (primary N) is 1. The summed E-state index contributed by atoms with van der Waals surface area (Å²) in [7, 11) is 0. The van der Waals surface area contributed by atoms with E-state index in [0.29, 0.717) is 12.8 Å². The number of aliphatic carboxylic acids is 2. The van der Waals surface area contributed by atoms with Gasteiger partial charge >= 0.3 is 11.9 Å². The van der Waals surface area contributed by atoms with Crippen LogP contribution in [-0.2, 0) is 24.0 Å². The molecular formula is C18H31N3O7. The van der Waals surface area contributed by atoms with E-state index in [9.17, 15) is 24.0 Å². The number of carbonyl (C=O) groups excluding carboxylic acids is 3. The Morgan fingerprint density at radius 1 is 1.00 bits per heavy atom. The van der Waals surface area contributed by atoms with Crippen molar-refractivity contribution in [1.82, 2.24) is 10.6 Å². The average Bonchev–Trinajstić information content (AvgIpc) is 2.61. The number of carboxylic acids is 2. The number of nitrogens with one attached hydrogen (secondary N) is 2. The fraction of sp³-hybridized carbons (Fsp3) is 0.722. The van der Waals surface area contributed by atoms with Gasteiger partial charge in [-0.15, -0.1) is 0 Å². The molecule has 0 saturated carbocycles. The van der Waals surface area contributed by atoms with E-state index in [4.69, 9.17) is 15.9 Å². The lowest BCUT2D eigenvalue weighted by Gasteiger charge is -2.19. The van der Waals surface area contributed by atoms with E-state index in [1.807, 2.05) is 13.8 Å². The molecule has 0 fully saturated rings. The Kier molecular flexibility index (Phi) is 11.7. The normalized spacial score (nSPS) is 15.0. The van der Waals surface area contributed by atoms with Crippen molar-refractivity contribution < 1.29 is 34.2 Å². The zero-order valence-corrected chi connectivity index (χ0v) is 16.6. The van der Waals surface area contributed by atoms with Gasteiger partial charge < -0.3 is 26.6 Å². The van der Waals surface area contributed by atoms with Gasteiger partial charge in [0.1, 0.15) is 17.9 Å². The Morgan fingerprint density at radius 3 is 2.11 bits per heavy atom. The van der Waals surface area contributed by atoms with Gasteiger partial charge in [0.05, 0.1) is 6.54 Å². The van der Waals surface area contributed by atoms with E-state index in [2.05, 4.69) is 10.6 Å². The molecule has 4 atom stereocenters. The zero-order valence-electron chi connectivity index (χ0n) is 16.6. The summed E-state index contributed by atoms with van der Waals surface area (Å²) in [4.78, 5) is 57.1. The van der Waals surface area contributed by atoms with Gasteiger partial charge in [0.15, 0.2) is 0 Å². The van der Waals surface area contributed by atoms with Crippen LogP contribution in [0.3, 0.4) is 0 Å². The number of rotatable bonds is 14. The van der Waals surface area contributed by atoms with Crippen molar-refractivity contribution in [3.05, 3.63) is 0 Å². The summed E-state index contributed by atoms with van der Waals surface area (Å²) in [6, 6.07) is -2.12. The van der Waals surface area contributed by atoms with Crippen molar-refractivity contribution >= 4 is 29.5 Å². The second kappa shape index (κ2) is 12.8. The van der Waals surface area contributed by atoms with E-state index in [-0.39, 0.29) is 49.3 Å². The Labute approximate surface area is 164 Å². The lowest BCUT2D eigenvalue weighted by atomic mass is 9.86. The Bertz CT molecular complexity index is 580. The quantitative estimate of drug-likeness (QED) is 0.268. The molecule has 0 heterocycles. The Balaban J connectivity index is 4.33. The molecule has 0 aromatic carbocycles. The maximum atomic E-state index is 12.2.